The summed E-state index contributed by atoms with van der Waals surface area (Å²) in [6, 6.07) is 11.6. The molecule has 0 radical (unpaired) electrons. The van der Waals surface area contributed by atoms with Crippen molar-refractivity contribution in [2.45, 2.75) is 46.1 Å². The quantitative estimate of drug-likeness (QED) is 0.713. The van der Waals surface area contributed by atoms with Gasteiger partial charge < -0.3 is 9.42 Å². The van der Waals surface area contributed by atoms with Crippen molar-refractivity contribution >= 4 is 5.91 Å². The Labute approximate surface area is 132 Å². The van der Waals surface area contributed by atoms with Crippen LogP contribution in [0.2, 0.25) is 0 Å². The van der Waals surface area contributed by atoms with Crippen LogP contribution in [-0.2, 0) is 0 Å². The van der Waals surface area contributed by atoms with E-state index in [1.807, 2.05) is 49.1 Å². The molecule has 0 bridgehead atoms. The molecule has 118 valence electrons. The van der Waals surface area contributed by atoms with Gasteiger partial charge in [-0.1, -0.05) is 55.3 Å². The molecule has 0 aliphatic heterocycles. The second-order valence-corrected chi connectivity index (χ2v) is 5.74. The second-order valence-electron chi connectivity index (χ2n) is 5.74. The van der Waals surface area contributed by atoms with Crippen molar-refractivity contribution in [1.82, 2.24) is 10.1 Å². The van der Waals surface area contributed by atoms with Crippen LogP contribution in [0.1, 0.15) is 50.6 Å². The molecule has 0 aliphatic carbocycles. The van der Waals surface area contributed by atoms with E-state index >= 15 is 0 Å². The predicted octanol–water partition coefficient (Wildman–Crippen LogP) is 4.38. The summed E-state index contributed by atoms with van der Waals surface area (Å²) in [5, 5.41) is 4.02. The van der Waals surface area contributed by atoms with E-state index in [4.69, 9.17) is 4.52 Å². The van der Waals surface area contributed by atoms with Gasteiger partial charge in [0.15, 0.2) is 0 Å². The highest BCUT2D eigenvalue weighted by Crippen LogP contribution is 2.20. The molecular formula is C18H24N2O2. The van der Waals surface area contributed by atoms with Crippen molar-refractivity contribution in [2.24, 2.45) is 0 Å². The summed E-state index contributed by atoms with van der Waals surface area (Å²) >= 11 is 0. The first-order valence-corrected chi connectivity index (χ1v) is 7.96. The second kappa shape index (κ2) is 7.78. The number of unbranched alkanes of at least 4 members (excludes halogenated alkanes) is 2. The highest BCUT2D eigenvalue weighted by atomic mass is 16.5. The summed E-state index contributed by atoms with van der Waals surface area (Å²) in [6.07, 6.45) is 3.28. The van der Waals surface area contributed by atoms with Crippen LogP contribution >= 0.6 is 0 Å². The maximum atomic E-state index is 12.6. The first kappa shape index (κ1) is 16.3. The standard InChI is InChI=1S/C18H24N2O2/c1-4-5-9-12-20(14(2)3)18(21)17-13-16(19-22-17)15-10-7-6-8-11-15/h6-8,10-11,13-14H,4-5,9,12H2,1-3H3. The van der Waals surface area contributed by atoms with E-state index in [9.17, 15) is 4.79 Å². The van der Waals surface area contributed by atoms with Gasteiger partial charge in [0.1, 0.15) is 5.69 Å². The third kappa shape index (κ3) is 3.97. The fourth-order valence-electron chi connectivity index (χ4n) is 2.39. The monoisotopic (exact) mass is 300 g/mol. The van der Waals surface area contributed by atoms with Crippen molar-refractivity contribution in [2.75, 3.05) is 6.54 Å². The number of aromatic nitrogens is 1. The van der Waals surface area contributed by atoms with Crippen molar-refractivity contribution in [3.8, 4) is 11.3 Å². The van der Waals surface area contributed by atoms with Crippen LogP contribution in [-0.4, -0.2) is 28.6 Å². The molecule has 2 aromatic rings. The summed E-state index contributed by atoms with van der Waals surface area (Å²) in [5.41, 5.74) is 1.65. The van der Waals surface area contributed by atoms with Gasteiger partial charge in [0.2, 0.25) is 5.76 Å². The van der Waals surface area contributed by atoms with E-state index < -0.39 is 0 Å². The van der Waals surface area contributed by atoms with Crippen molar-refractivity contribution in [1.29, 1.82) is 0 Å². The van der Waals surface area contributed by atoms with E-state index in [-0.39, 0.29) is 11.9 Å². The lowest BCUT2D eigenvalue weighted by Crippen LogP contribution is -2.37. The Kier molecular flexibility index (Phi) is 5.75. The Balaban J connectivity index is 2.12. The molecule has 0 N–H and O–H groups in total. The van der Waals surface area contributed by atoms with Gasteiger partial charge in [-0.25, -0.2) is 0 Å². The molecule has 0 fully saturated rings. The maximum Gasteiger partial charge on any atom is 0.292 e. The zero-order valence-electron chi connectivity index (χ0n) is 13.6. The largest absolute Gasteiger partial charge is 0.350 e. The third-order valence-corrected chi connectivity index (χ3v) is 3.68. The molecule has 1 heterocycles. The SMILES string of the molecule is CCCCCN(C(=O)c1cc(-c2ccccc2)no1)C(C)C. The van der Waals surface area contributed by atoms with Gasteiger partial charge in [-0.15, -0.1) is 0 Å². The lowest BCUT2D eigenvalue weighted by Gasteiger charge is -2.25. The van der Waals surface area contributed by atoms with E-state index in [1.165, 1.54) is 0 Å². The molecule has 1 aromatic carbocycles. The third-order valence-electron chi connectivity index (χ3n) is 3.68. The molecule has 0 atom stereocenters. The predicted molar refractivity (Wildman–Crippen MR) is 87.6 cm³/mol. The van der Waals surface area contributed by atoms with Crippen LogP contribution in [0.3, 0.4) is 0 Å². The molecular weight excluding hydrogens is 276 g/mol. The van der Waals surface area contributed by atoms with E-state index in [0.717, 1.165) is 31.4 Å². The Morgan fingerprint density at radius 1 is 1.23 bits per heavy atom. The summed E-state index contributed by atoms with van der Waals surface area (Å²) in [4.78, 5) is 14.5. The number of benzene rings is 1. The summed E-state index contributed by atoms with van der Waals surface area (Å²) in [6.45, 7) is 6.96. The average molecular weight is 300 g/mol. The number of rotatable bonds is 7. The summed E-state index contributed by atoms with van der Waals surface area (Å²) in [7, 11) is 0. The number of nitrogens with zero attached hydrogens (tertiary/aromatic N) is 2. The lowest BCUT2D eigenvalue weighted by molar-refractivity contribution is 0.0660. The molecule has 0 unspecified atom stereocenters. The first-order valence-electron chi connectivity index (χ1n) is 7.96. The number of hydrogen-bond donors (Lipinski definition) is 0. The van der Waals surface area contributed by atoms with Crippen molar-refractivity contribution in [3.05, 3.63) is 42.2 Å². The number of carbonyl (C=O) groups excluding carboxylic acids is 1. The van der Waals surface area contributed by atoms with Crippen molar-refractivity contribution in [3.63, 3.8) is 0 Å². The highest BCUT2D eigenvalue weighted by molar-refractivity contribution is 5.92. The Bertz CT molecular complexity index is 590. The molecule has 0 spiro atoms. The molecule has 2 rings (SSSR count). The number of amides is 1. The molecule has 0 saturated heterocycles. The highest BCUT2D eigenvalue weighted by Gasteiger charge is 2.22. The Morgan fingerprint density at radius 2 is 1.95 bits per heavy atom. The average Bonchev–Trinajstić information content (AvgIpc) is 3.01. The minimum absolute atomic E-state index is 0.0826. The Morgan fingerprint density at radius 3 is 2.59 bits per heavy atom. The number of hydrogen-bond acceptors (Lipinski definition) is 3. The van der Waals surface area contributed by atoms with Crippen LogP contribution in [0.5, 0.6) is 0 Å². The molecule has 4 nitrogen and oxygen atoms in total. The summed E-state index contributed by atoms with van der Waals surface area (Å²) < 4.78 is 5.28. The van der Waals surface area contributed by atoms with Crippen LogP contribution in [0, 0.1) is 0 Å². The van der Waals surface area contributed by atoms with E-state index in [2.05, 4.69) is 12.1 Å². The maximum absolute atomic E-state index is 12.6. The normalized spacial score (nSPS) is 10.9. The fraction of sp³-hybridized carbons (Fsp3) is 0.444. The molecule has 0 saturated carbocycles. The van der Waals surface area contributed by atoms with Crippen LogP contribution in [0.25, 0.3) is 11.3 Å². The van der Waals surface area contributed by atoms with E-state index in [0.29, 0.717) is 11.5 Å². The van der Waals surface area contributed by atoms with Crippen LogP contribution < -0.4 is 0 Å². The van der Waals surface area contributed by atoms with Gasteiger partial charge in [0, 0.05) is 24.2 Å². The van der Waals surface area contributed by atoms with Crippen LogP contribution in [0.15, 0.2) is 40.9 Å². The van der Waals surface area contributed by atoms with Crippen LogP contribution in [0.4, 0.5) is 0 Å². The molecule has 4 heteroatoms. The van der Waals surface area contributed by atoms with Gasteiger partial charge in [0.05, 0.1) is 0 Å². The molecule has 0 aliphatic rings. The number of carbonyl (C=O) groups is 1. The molecule has 1 aromatic heterocycles. The molecule has 22 heavy (non-hydrogen) atoms. The topological polar surface area (TPSA) is 46.3 Å². The Hall–Kier alpha value is -2.10. The smallest absolute Gasteiger partial charge is 0.292 e. The fourth-order valence-corrected chi connectivity index (χ4v) is 2.39. The van der Waals surface area contributed by atoms with Gasteiger partial charge >= 0.3 is 0 Å². The van der Waals surface area contributed by atoms with Gasteiger partial charge in [-0.2, -0.15) is 0 Å². The lowest BCUT2D eigenvalue weighted by atomic mass is 10.1. The zero-order valence-corrected chi connectivity index (χ0v) is 13.6. The van der Waals surface area contributed by atoms with Crippen molar-refractivity contribution < 1.29 is 9.32 Å². The van der Waals surface area contributed by atoms with Gasteiger partial charge in [0.25, 0.3) is 5.91 Å². The van der Waals surface area contributed by atoms with E-state index in [1.54, 1.807) is 6.07 Å². The molecule has 1 amide bonds. The van der Waals surface area contributed by atoms with Gasteiger partial charge in [-0.05, 0) is 20.3 Å². The summed E-state index contributed by atoms with van der Waals surface area (Å²) in [5.74, 6) is 0.227. The first-order chi connectivity index (χ1) is 10.6. The van der Waals surface area contributed by atoms with Gasteiger partial charge in [-0.3, -0.25) is 4.79 Å². The zero-order chi connectivity index (χ0) is 15.9. The minimum atomic E-state index is -0.0826. The minimum Gasteiger partial charge on any atom is -0.350 e.